The first-order chi connectivity index (χ1) is 9.78. The van der Waals surface area contributed by atoms with Crippen molar-refractivity contribution in [3.63, 3.8) is 0 Å². The Morgan fingerprint density at radius 1 is 0.857 bits per heavy atom. The SMILES string of the molecule is CCC(C)(c1ccc(C(CC)(CC)N(C)I)cc1)N(I)I. The van der Waals surface area contributed by atoms with Crippen LogP contribution in [0.25, 0.3) is 0 Å². The van der Waals surface area contributed by atoms with Crippen LogP contribution < -0.4 is 0 Å². The van der Waals surface area contributed by atoms with Crippen LogP contribution in [0, 0.1) is 0 Å². The van der Waals surface area contributed by atoms with Gasteiger partial charge in [-0.05, 0) is 44.4 Å². The molecule has 120 valence electrons. The minimum Gasteiger partial charge on any atom is -0.240 e. The van der Waals surface area contributed by atoms with E-state index in [2.05, 4.69) is 132 Å². The molecule has 1 rings (SSSR count). The Balaban J connectivity index is 3.23. The lowest BCUT2D eigenvalue weighted by Crippen LogP contribution is -2.37. The first-order valence-corrected chi connectivity index (χ1v) is 10.3. The molecule has 0 saturated heterocycles. The Bertz CT molecular complexity index is 441. The zero-order valence-electron chi connectivity index (χ0n) is 13.5. The molecule has 0 amide bonds. The number of halogens is 3. The summed E-state index contributed by atoms with van der Waals surface area (Å²) in [6.07, 6.45) is 3.34. The van der Waals surface area contributed by atoms with Gasteiger partial charge in [-0.1, -0.05) is 45.0 Å². The highest BCUT2D eigenvalue weighted by atomic mass is 127. The third-order valence-electron chi connectivity index (χ3n) is 4.87. The van der Waals surface area contributed by atoms with E-state index in [-0.39, 0.29) is 11.1 Å². The van der Waals surface area contributed by atoms with E-state index in [1.165, 1.54) is 11.1 Å². The highest BCUT2D eigenvalue weighted by Gasteiger charge is 2.33. The molecule has 1 atom stereocenters. The van der Waals surface area contributed by atoms with Crippen LogP contribution in [0.5, 0.6) is 0 Å². The van der Waals surface area contributed by atoms with E-state index in [0.29, 0.717) is 0 Å². The molecule has 1 unspecified atom stereocenters. The molecule has 0 aliphatic carbocycles. The molecular weight excluding hydrogens is 601 g/mol. The van der Waals surface area contributed by atoms with Gasteiger partial charge in [0.1, 0.15) is 0 Å². The van der Waals surface area contributed by atoms with Crippen molar-refractivity contribution in [2.75, 3.05) is 7.05 Å². The first kappa shape index (κ1) is 20.4. The highest BCUT2D eigenvalue weighted by Crippen LogP contribution is 2.40. The number of nitrogens with zero attached hydrogens (tertiary/aromatic N) is 2. The molecule has 21 heavy (non-hydrogen) atoms. The third kappa shape index (κ3) is 4.06. The fourth-order valence-corrected chi connectivity index (χ4v) is 5.03. The van der Waals surface area contributed by atoms with Crippen molar-refractivity contribution in [3.8, 4) is 0 Å². The van der Waals surface area contributed by atoms with Crippen LogP contribution in [0.4, 0.5) is 0 Å². The average Bonchev–Trinajstić information content (AvgIpc) is 2.48. The second-order valence-corrected chi connectivity index (χ2v) is 10.9. The van der Waals surface area contributed by atoms with E-state index in [4.69, 9.17) is 0 Å². The molecule has 0 N–H and O–H groups in total. The van der Waals surface area contributed by atoms with Crippen molar-refractivity contribution in [3.05, 3.63) is 35.4 Å². The summed E-state index contributed by atoms with van der Waals surface area (Å²) in [7, 11) is 2.18. The summed E-state index contributed by atoms with van der Waals surface area (Å²) in [4.78, 5) is 0. The molecule has 2 nitrogen and oxygen atoms in total. The Labute approximate surface area is 171 Å². The molecule has 0 saturated carbocycles. The zero-order valence-corrected chi connectivity index (χ0v) is 19.9. The lowest BCUT2D eigenvalue weighted by Gasteiger charge is -2.38. The quantitative estimate of drug-likeness (QED) is 0.249. The van der Waals surface area contributed by atoms with Crippen molar-refractivity contribution in [2.45, 2.75) is 58.0 Å². The topological polar surface area (TPSA) is 6.48 Å². The van der Waals surface area contributed by atoms with Crippen molar-refractivity contribution < 1.29 is 0 Å². The second kappa shape index (κ2) is 8.43. The van der Waals surface area contributed by atoms with Gasteiger partial charge in [-0.25, -0.2) is 3.11 Å². The van der Waals surface area contributed by atoms with Gasteiger partial charge in [0, 0.05) is 68.6 Å². The van der Waals surface area contributed by atoms with E-state index < -0.39 is 0 Å². The highest BCUT2D eigenvalue weighted by molar-refractivity contribution is 14.2. The maximum absolute atomic E-state index is 2.43. The third-order valence-corrected chi connectivity index (χ3v) is 7.92. The van der Waals surface area contributed by atoms with Crippen LogP contribution >= 0.6 is 68.6 Å². The molecule has 1 aromatic rings. The van der Waals surface area contributed by atoms with Crippen LogP contribution in [-0.4, -0.2) is 11.5 Å². The minimum absolute atomic E-state index is 0.0803. The van der Waals surface area contributed by atoms with Crippen molar-refractivity contribution >= 4 is 68.6 Å². The van der Waals surface area contributed by atoms with Gasteiger partial charge in [-0.3, -0.25) is 0 Å². The van der Waals surface area contributed by atoms with Crippen molar-refractivity contribution in [1.29, 1.82) is 0 Å². The van der Waals surface area contributed by atoms with E-state index in [1.807, 2.05) is 0 Å². The first-order valence-electron chi connectivity index (χ1n) is 7.40. The summed E-state index contributed by atoms with van der Waals surface area (Å²) < 4.78 is 4.59. The molecular formula is C16H25I3N2. The van der Waals surface area contributed by atoms with Gasteiger partial charge in [0.2, 0.25) is 0 Å². The van der Waals surface area contributed by atoms with Crippen LogP contribution in [0.3, 0.4) is 0 Å². The van der Waals surface area contributed by atoms with Gasteiger partial charge in [0.15, 0.2) is 0 Å². The molecule has 1 aromatic carbocycles. The monoisotopic (exact) mass is 626 g/mol. The van der Waals surface area contributed by atoms with E-state index >= 15 is 0 Å². The van der Waals surface area contributed by atoms with Gasteiger partial charge in [-0.15, -0.1) is 0 Å². The molecule has 0 fully saturated rings. The number of hydrogen-bond donors (Lipinski definition) is 0. The van der Waals surface area contributed by atoms with Gasteiger partial charge in [-0.2, -0.15) is 1.33 Å². The molecule has 0 aliphatic rings. The predicted octanol–water partition coefficient (Wildman–Crippen LogP) is 6.61. The maximum atomic E-state index is 2.43. The largest absolute Gasteiger partial charge is 0.240 e. The maximum Gasteiger partial charge on any atom is 0.0625 e. The lowest BCUT2D eigenvalue weighted by atomic mass is 9.82. The Hall–Kier alpha value is 1.33. The van der Waals surface area contributed by atoms with Crippen LogP contribution in [0.2, 0.25) is 0 Å². The van der Waals surface area contributed by atoms with Gasteiger partial charge >= 0.3 is 0 Å². The molecule has 5 heteroatoms. The van der Waals surface area contributed by atoms with Crippen LogP contribution in [0.1, 0.15) is 58.1 Å². The van der Waals surface area contributed by atoms with Gasteiger partial charge < -0.3 is 0 Å². The molecule has 0 bridgehead atoms. The Morgan fingerprint density at radius 3 is 1.57 bits per heavy atom. The predicted molar refractivity (Wildman–Crippen MR) is 118 cm³/mol. The summed E-state index contributed by atoms with van der Waals surface area (Å²) in [5.74, 6) is 0. The summed E-state index contributed by atoms with van der Waals surface area (Å²) in [6, 6.07) is 9.26. The minimum atomic E-state index is 0.0803. The number of hydrogen-bond acceptors (Lipinski definition) is 2. The molecule has 0 aliphatic heterocycles. The number of benzene rings is 1. The van der Waals surface area contributed by atoms with Crippen molar-refractivity contribution in [1.82, 2.24) is 4.44 Å². The summed E-state index contributed by atoms with van der Waals surface area (Å²) in [6.45, 7) is 9.11. The van der Waals surface area contributed by atoms with E-state index in [9.17, 15) is 0 Å². The summed E-state index contributed by atoms with van der Waals surface area (Å²) in [5, 5.41) is 0. The number of rotatable bonds is 7. The summed E-state index contributed by atoms with van der Waals surface area (Å²) in [5.41, 5.74) is 3.02. The zero-order chi connectivity index (χ0) is 16.3. The van der Waals surface area contributed by atoms with Crippen LogP contribution in [-0.2, 0) is 11.1 Å². The standard InChI is InChI=1S/C16H25I3N2/c1-6-15(4,21(18)19)13-9-11-14(12-10-13)16(7-2,8-3)20(5)17/h9-12H,6-8H2,1-5H3. The molecule has 0 aromatic heterocycles. The van der Waals surface area contributed by atoms with Gasteiger partial charge in [0.05, 0.1) is 11.1 Å². The normalized spacial score (nSPS) is 15.5. The Morgan fingerprint density at radius 2 is 1.29 bits per heavy atom. The van der Waals surface area contributed by atoms with E-state index in [0.717, 1.165) is 19.3 Å². The second-order valence-electron chi connectivity index (χ2n) is 5.65. The average molecular weight is 626 g/mol. The fraction of sp³-hybridized carbons (Fsp3) is 0.625. The molecule has 0 heterocycles. The van der Waals surface area contributed by atoms with Gasteiger partial charge in [0.25, 0.3) is 0 Å². The smallest absolute Gasteiger partial charge is 0.0625 e. The van der Waals surface area contributed by atoms with Crippen LogP contribution in [0.15, 0.2) is 24.3 Å². The summed E-state index contributed by atoms with van der Waals surface area (Å²) >= 11 is 7.20. The lowest BCUT2D eigenvalue weighted by molar-refractivity contribution is 0.239. The Kier molecular flexibility index (Phi) is 8.18. The van der Waals surface area contributed by atoms with E-state index in [1.54, 1.807) is 0 Å². The molecule has 0 radical (unpaired) electrons. The van der Waals surface area contributed by atoms with Crippen molar-refractivity contribution in [2.24, 2.45) is 0 Å². The fourth-order valence-electron chi connectivity index (χ4n) is 2.83. The molecule has 0 spiro atoms.